The summed E-state index contributed by atoms with van der Waals surface area (Å²) in [5.74, 6) is 0.520. The van der Waals surface area contributed by atoms with Crippen LogP contribution in [0.25, 0.3) is 16.8 Å². The Morgan fingerprint density at radius 3 is 2.74 bits per heavy atom. The molecular weight excluding hydrogens is 338 g/mol. The van der Waals surface area contributed by atoms with Crippen molar-refractivity contribution < 1.29 is 4.74 Å². The minimum absolute atomic E-state index is 0.312. The van der Waals surface area contributed by atoms with Crippen LogP contribution in [0.5, 0.6) is 0 Å². The predicted molar refractivity (Wildman–Crippen MR) is 102 cm³/mol. The van der Waals surface area contributed by atoms with Crippen LogP contribution in [0.2, 0.25) is 0 Å². The molecule has 0 amide bonds. The van der Waals surface area contributed by atoms with E-state index in [1.54, 1.807) is 0 Å². The highest BCUT2D eigenvalue weighted by atomic mass is 16.5. The number of ether oxygens (including phenoxy) is 1. The van der Waals surface area contributed by atoms with Crippen LogP contribution in [-0.2, 0) is 11.2 Å². The van der Waals surface area contributed by atoms with Crippen molar-refractivity contribution in [2.24, 2.45) is 0 Å². The second kappa shape index (κ2) is 6.29. The molecule has 0 spiro atoms. The van der Waals surface area contributed by atoms with Gasteiger partial charge in [0.25, 0.3) is 0 Å². The number of allylic oxidation sites excluding steroid dienone is 2. The van der Waals surface area contributed by atoms with Crippen LogP contribution in [0.3, 0.4) is 0 Å². The van der Waals surface area contributed by atoms with E-state index in [2.05, 4.69) is 46.6 Å². The predicted octanol–water partition coefficient (Wildman–Crippen LogP) is 2.79. The molecule has 5 rings (SSSR count). The van der Waals surface area contributed by atoms with Crippen molar-refractivity contribution in [3.63, 3.8) is 0 Å². The standard InChI is InChI=1S/C21H23N5O/c1-13(2)26-21(16-9-25(10-16)17-11-27-12-17)6-20(24-26)15-5-18-14(7-22)3-4-19(18)23-8-15/h3,5-6,8,13,16-17H,4,9-12H2,1-2H3. The lowest BCUT2D eigenvalue weighted by molar-refractivity contribution is -0.0913. The van der Waals surface area contributed by atoms with Gasteiger partial charge in [-0.3, -0.25) is 14.6 Å². The van der Waals surface area contributed by atoms with Gasteiger partial charge in [0.05, 0.1) is 42.3 Å². The quantitative estimate of drug-likeness (QED) is 0.838. The second-order valence-corrected chi connectivity index (χ2v) is 7.99. The van der Waals surface area contributed by atoms with E-state index in [4.69, 9.17) is 9.84 Å². The Kier molecular flexibility index (Phi) is 3.88. The summed E-state index contributed by atoms with van der Waals surface area (Å²) in [4.78, 5) is 7.08. The van der Waals surface area contributed by atoms with Crippen molar-refractivity contribution in [3.8, 4) is 17.3 Å². The van der Waals surface area contributed by atoms with E-state index in [1.165, 1.54) is 5.69 Å². The molecule has 0 bridgehead atoms. The Morgan fingerprint density at radius 1 is 1.26 bits per heavy atom. The summed E-state index contributed by atoms with van der Waals surface area (Å²) in [6.07, 6.45) is 4.59. The molecule has 2 aliphatic heterocycles. The van der Waals surface area contributed by atoms with Gasteiger partial charge in [0.15, 0.2) is 0 Å². The van der Waals surface area contributed by atoms with E-state index >= 15 is 0 Å². The highest BCUT2D eigenvalue weighted by Crippen LogP contribution is 2.35. The summed E-state index contributed by atoms with van der Waals surface area (Å²) in [7, 11) is 0. The topological polar surface area (TPSA) is 67.0 Å². The molecule has 0 radical (unpaired) electrons. The molecular formula is C21H23N5O. The normalized spacial score (nSPS) is 20.1. The first kappa shape index (κ1) is 16.7. The van der Waals surface area contributed by atoms with Gasteiger partial charge in [0.1, 0.15) is 0 Å². The number of aromatic nitrogens is 3. The van der Waals surface area contributed by atoms with Gasteiger partial charge >= 0.3 is 0 Å². The maximum Gasteiger partial charge on any atom is 0.0995 e. The summed E-state index contributed by atoms with van der Waals surface area (Å²) in [5, 5.41) is 14.2. The molecule has 6 nitrogen and oxygen atoms in total. The minimum atomic E-state index is 0.312. The van der Waals surface area contributed by atoms with E-state index in [1.807, 2.05) is 12.3 Å². The van der Waals surface area contributed by atoms with Gasteiger partial charge in [-0.1, -0.05) is 6.08 Å². The summed E-state index contributed by atoms with van der Waals surface area (Å²) >= 11 is 0. The van der Waals surface area contributed by atoms with Crippen molar-refractivity contribution in [2.45, 2.75) is 38.3 Å². The van der Waals surface area contributed by atoms with Gasteiger partial charge in [0.2, 0.25) is 0 Å². The first-order valence-electron chi connectivity index (χ1n) is 9.65. The third kappa shape index (κ3) is 2.70. The summed E-state index contributed by atoms with van der Waals surface area (Å²) in [6.45, 7) is 8.25. The molecule has 1 aliphatic carbocycles. The first-order chi connectivity index (χ1) is 13.1. The second-order valence-electron chi connectivity index (χ2n) is 7.99. The van der Waals surface area contributed by atoms with Crippen LogP contribution < -0.4 is 0 Å². The average molecular weight is 361 g/mol. The number of pyridine rings is 1. The van der Waals surface area contributed by atoms with Crippen molar-refractivity contribution in [2.75, 3.05) is 26.3 Å². The largest absolute Gasteiger partial charge is 0.378 e. The molecule has 0 atom stereocenters. The van der Waals surface area contributed by atoms with Gasteiger partial charge < -0.3 is 4.74 Å². The lowest BCUT2D eigenvalue weighted by atomic mass is 9.92. The maximum atomic E-state index is 9.32. The SMILES string of the molecule is CC(C)n1nc(-c2cnc3c(c2)C(C#N)=CC3)cc1C1CN(C2COC2)C1. The molecule has 2 fully saturated rings. The van der Waals surface area contributed by atoms with Crippen LogP contribution in [-0.4, -0.2) is 52.0 Å². The highest BCUT2D eigenvalue weighted by Gasteiger charge is 2.38. The smallest absolute Gasteiger partial charge is 0.0995 e. The third-order valence-corrected chi connectivity index (χ3v) is 5.89. The zero-order valence-electron chi connectivity index (χ0n) is 15.7. The lowest BCUT2D eigenvalue weighted by Crippen LogP contribution is -2.58. The first-order valence-corrected chi connectivity index (χ1v) is 9.65. The van der Waals surface area contributed by atoms with Crippen molar-refractivity contribution in [1.82, 2.24) is 19.7 Å². The molecule has 0 aromatic carbocycles. The van der Waals surface area contributed by atoms with E-state index in [0.29, 0.717) is 18.0 Å². The minimum Gasteiger partial charge on any atom is -0.378 e. The fraction of sp³-hybridized carbons (Fsp3) is 0.476. The molecule has 27 heavy (non-hydrogen) atoms. The molecule has 0 N–H and O–H groups in total. The van der Waals surface area contributed by atoms with Gasteiger partial charge in [-0.25, -0.2) is 0 Å². The molecule has 6 heteroatoms. The number of fused-ring (bicyclic) bond motifs is 1. The number of likely N-dealkylation sites (tertiary alicyclic amines) is 1. The van der Waals surface area contributed by atoms with Gasteiger partial charge in [-0.2, -0.15) is 10.4 Å². The fourth-order valence-electron chi connectivity index (χ4n) is 4.14. The van der Waals surface area contributed by atoms with Crippen LogP contribution in [0.4, 0.5) is 0 Å². The maximum absolute atomic E-state index is 9.32. The molecule has 138 valence electrons. The Bertz CT molecular complexity index is 957. The highest BCUT2D eigenvalue weighted by molar-refractivity contribution is 5.83. The monoisotopic (exact) mass is 361 g/mol. The summed E-state index contributed by atoms with van der Waals surface area (Å²) in [5.41, 5.74) is 5.89. The van der Waals surface area contributed by atoms with Crippen LogP contribution in [0.1, 0.15) is 42.8 Å². The molecule has 2 saturated heterocycles. The molecule has 2 aromatic rings. The van der Waals surface area contributed by atoms with E-state index in [9.17, 15) is 5.26 Å². The van der Waals surface area contributed by atoms with Crippen LogP contribution >= 0.6 is 0 Å². The fourth-order valence-corrected chi connectivity index (χ4v) is 4.14. The van der Waals surface area contributed by atoms with Crippen molar-refractivity contribution in [1.29, 1.82) is 5.26 Å². The van der Waals surface area contributed by atoms with Crippen LogP contribution in [0.15, 0.2) is 24.4 Å². The van der Waals surface area contributed by atoms with Gasteiger partial charge in [0, 0.05) is 54.5 Å². The van der Waals surface area contributed by atoms with Gasteiger partial charge in [-0.15, -0.1) is 0 Å². The number of nitrogens with zero attached hydrogens (tertiary/aromatic N) is 5. The number of hydrogen-bond donors (Lipinski definition) is 0. The lowest BCUT2D eigenvalue weighted by Gasteiger charge is -2.47. The number of nitriles is 1. The number of hydrogen-bond acceptors (Lipinski definition) is 5. The third-order valence-electron chi connectivity index (χ3n) is 5.89. The zero-order chi connectivity index (χ0) is 18.5. The Morgan fingerprint density at radius 2 is 2.07 bits per heavy atom. The summed E-state index contributed by atoms with van der Waals surface area (Å²) < 4.78 is 7.47. The molecule has 2 aromatic heterocycles. The van der Waals surface area contributed by atoms with Gasteiger partial charge in [-0.05, 0) is 26.0 Å². The molecule has 0 saturated carbocycles. The van der Waals surface area contributed by atoms with E-state index in [-0.39, 0.29) is 0 Å². The molecule has 3 aliphatic rings. The zero-order valence-corrected chi connectivity index (χ0v) is 15.7. The number of rotatable bonds is 4. The Labute approximate surface area is 159 Å². The summed E-state index contributed by atoms with van der Waals surface area (Å²) in [6, 6.07) is 7.48. The molecule has 4 heterocycles. The van der Waals surface area contributed by atoms with Crippen molar-refractivity contribution in [3.05, 3.63) is 41.4 Å². The molecule has 0 unspecified atom stereocenters. The Hall–Kier alpha value is -2.49. The van der Waals surface area contributed by atoms with Crippen LogP contribution in [0, 0.1) is 11.3 Å². The Balaban J connectivity index is 1.44. The van der Waals surface area contributed by atoms with E-state index < -0.39 is 0 Å². The average Bonchev–Trinajstić information content (AvgIpc) is 3.19. The van der Waals surface area contributed by atoms with E-state index in [0.717, 1.165) is 60.8 Å². The van der Waals surface area contributed by atoms with Crippen molar-refractivity contribution >= 4 is 5.57 Å².